The van der Waals surface area contributed by atoms with E-state index >= 15 is 0 Å². The lowest BCUT2D eigenvalue weighted by Crippen LogP contribution is -2.75. The number of nitrogens with zero attached hydrogens (tertiary/aromatic N) is 2. The maximum Gasteiger partial charge on any atom is 0.342 e. The number of carboxylic acid groups (broad SMARTS) is 1. The summed E-state index contributed by atoms with van der Waals surface area (Å²) >= 11 is 0. The Hall–Kier alpha value is -4.86. The number of rotatable bonds is 7. The number of hydrogen-bond acceptors (Lipinski definition) is 6. The Bertz CT molecular complexity index is 1800. The van der Waals surface area contributed by atoms with Crippen LogP contribution in [0.25, 0.3) is 10.8 Å². The first-order chi connectivity index (χ1) is 21.2. The molecule has 4 bridgehead atoms. The summed E-state index contributed by atoms with van der Waals surface area (Å²) in [5.41, 5.74) is 5.26. The van der Waals surface area contributed by atoms with Gasteiger partial charge in [0.05, 0.1) is 25.7 Å². The number of nitrogens with one attached hydrogen (secondary N) is 1. The van der Waals surface area contributed by atoms with Crippen LogP contribution in [0.3, 0.4) is 0 Å². The highest BCUT2D eigenvalue weighted by molar-refractivity contribution is 6.07. The Morgan fingerprint density at radius 2 is 1.66 bits per heavy atom. The summed E-state index contributed by atoms with van der Waals surface area (Å²) in [6, 6.07) is 18.0. The van der Waals surface area contributed by atoms with Gasteiger partial charge < -0.3 is 25.6 Å². The molecule has 10 nitrogen and oxygen atoms in total. The maximum atomic E-state index is 13.7. The number of benzene rings is 3. The molecule has 10 heteroatoms. The zero-order valence-corrected chi connectivity index (χ0v) is 24.6. The minimum atomic E-state index is -1.12. The largest absolute Gasteiger partial charge is 0.496 e. The van der Waals surface area contributed by atoms with Gasteiger partial charge in [0.25, 0.3) is 0 Å². The Balaban J connectivity index is 1.53. The first-order valence-electron chi connectivity index (χ1n) is 14.8. The van der Waals surface area contributed by atoms with Crippen LogP contribution in [0.15, 0.2) is 73.1 Å². The fourth-order valence-electron chi connectivity index (χ4n) is 9.59. The molecule has 0 saturated heterocycles. The van der Waals surface area contributed by atoms with Gasteiger partial charge in [-0.3, -0.25) is 9.59 Å². The van der Waals surface area contributed by atoms with Gasteiger partial charge in [-0.2, -0.15) is 9.78 Å². The number of aromatic nitrogens is 2. The summed E-state index contributed by atoms with van der Waals surface area (Å²) in [5.74, 6) is -1.09. The van der Waals surface area contributed by atoms with Crippen molar-refractivity contribution in [2.75, 3.05) is 14.2 Å². The highest BCUT2D eigenvalue weighted by Crippen LogP contribution is 2.71. The minimum Gasteiger partial charge on any atom is -0.496 e. The van der Waals surface area contributed by atoms with Crippen LogP contribution >= 0.6 is 0 Å². The van der Waals surface area contributed by atoms with Crippen molar-refractivity contribution >= 4 is 28.7 Å². The third kappa shape index (κ3) is 3.86. The molecular weight excluding hydrogens is 560 g/mol. The van der Waals surface area contributed by atoms with Crippen LogP contribution in [-0.4, -0.2) is 52.6 Å². The monoisotopic (exact) mass is 594 g/mol. The molecule has 44 heavy (non-hydrogen) atoms. The first kappa shape index (κ1) is 27.9. The molecule has 4 N–H and O–H groups in total. The molecule has 4 aliphatic carbocycles. The van der Waals surface area contributed by atoms with Gasteiger partial charge in [-0.25, -0.2) is 4.79 Å². The standard InChI is InChI=1S/C34H34N4O6/c1-43-25-9-5-10-26(44-2)27(25)32-15-20-16-33(18-32,24-12-11-23(29(35)39)21-7-3-4-8-22(21)24)28(30(40)41)34(17-20,19-32)37-31(42)38-14-6-13-36-38/h3-14,20,28H,15-19H2,1-2H3,(H2,35,39)(H,37,42)(H,40,41). The SMILES string of the molecule is COc1cccc(OC)c1C12CC3CC(NC(=O)n4cccn4)(C1)C(C(=O)O)C(c1ccc(C(N)=O)c4ccccc14)(C3)C2. The predicted molar refractivity (Wildman–Crippen MR) is 162 cm³/mol. The van der Waals surface area contributed by atoms with E-state index in [1.807, 2.05) is 48.5 Å². The molecule has 0 spiro atoms. The molecule has 0 aliphatic heterocycles. The van der Waals surface area contributed by atoms with Gasteiger partial charge in [-0.05, 0) is 78.6 Å². The van der Waals surface area contributed by atoms with Crippen LogP contribution in [0.5, 0.6) is 11.5 Å². The van der Waals surface area contributed by atoms with E-state index < -0.39 is 40.2 Å². The van der Waals surface area contributed by atoms with Gasteiger partial charge >= 0.3 is 12.0 Å². The van der Waals surface area contributed by atoms with Crippen molar-refractivity contribution in [3.8, 4) is 11.5 Å². The molecule has 4 fully saturated rings. The van der Waals surface area contributed by atoms with Gasteiger partial charge in [0, 0.05) is 34.4 Å². The number of carbonyl (C=O) groups is 3. The van der Waals surface area contributed by atoms with Crippen LogP contribution < -0.4 is 20.5 Å². The molecule has 2 amide bonds. The zero-order chi connectivity index (χ0) is 30.9. The number of fused-ring (bicyclic) bond motifs is 1. The van der Waals surface area contributed by atoms with Crippen LogP contribution in [-0.2, 0) is 15.6 Å². The summed E-state index contributed by atoms with van der Waals surface area (Å²) in [6.07, 6.45) is 5.85. The molecule has 5 unspecified atom stereocenters. The van der Waals surface area contributed by atoms with Crippen LogP contribution in [0.2, 0.25) is 0 Å². The molecule has 1 aromatic heterocycles. The number of ether oxygens (including phenoxy) is 2. The number of aliphatic carboxylic acids is 1. The number of nitrogens with two attached hydrogens (primary N) is 1. The topological polar surface area (TPSA) is 146 Å². The summed E-state index contributed by atoms with van der Waals surface area (Å²) in [7, 11) is 3.25. The number of primary amides is 1. The lowest BCUT2D eigenvalue weighted by molar-refractivity contribution is -0.167. The third-order valence-corrected chi connectivity index (χ3v) is 10.4. The predicted octanol–water partition coefficient (Wildman–Crippen LogP) is 4.63. The lowest BCUT2D eigenvalue weighted by atomic mass is 9.35. The molecular formula is C34H34N4O6. The molecule has 4 aliphatic rings. The van der Waals surface area contributed by atoms with Crippen molar-refractivity contribution in [2.24, 2.45) is 17.6 Å². The van der Waals surface area contributed by atoms with Gasteiger partial charge in [0.15, 0.2) is 0 Å². The van der Waals surface area contributed by atoms with Crippen molar-refractivity contribution in [3.05, 3.63) is 89.7 Å². The molecule has 8 rings (SSSR count). The summed E-state index contributed by atoms with van der Waals surface area (Å²) in [4.78, 5) is 39.8. The van der Waals surface area contributed by atoms with E-state index in [1.165, 1.54) is 10.9 Å². The van der Waals surface area contributed by atoms with Crippen molar-refractivity contribution in [1.82, 2.24) is 15.1 Å². The third-order valence-electron chi connectivity index (χ3n) is 10.4. The average Bonchev–Trinajstić information content (AvgIpc) is 3.54. The van der Waals surface area contributed by atoms with Crippen molar-refractivity contribution in [3.63, 3.8) is 0 Å². The molecule has 5 atom stereocenters. The average molecular weight is 595 g/mol. The number of methoxy groups -OCH3 is 2. The molecule has 226 valence electrons. The van der Waals surface area contributed by atoms with E-state index in [-0.39, 0.29) is 5.92 Å². The molecule has 0 radical (unpaired) electrons. The Labute approximate surface area is 254 Å². The Morgan fingerprint density at radius 1 is 0.932 bits per heavy atom. The molecule has 4 aromatic rings. The van der Waals surface area contributed by atoms with Crippen molar-refractivity contribution in [1.29, 1.82) is 0 Å². The molecule has 4 saturated carbocycles. The van der Waals surface area contributed by atoms with Gasteiger partial charge in [0.2, 0.25) is 5.91 Å². The number of hydrogen-bond donors (Lipinski definition) is 3. The van der Waals surface area contributed by atoms with Gasteiger partial charge in [-0.15, -0.1) is 0 Å². The maximum absolute atomic E-state index is 13.7. The Kier molecular flexibility index (Phi) is 6.25. The molecule has 1 heterocycles. The number of carbonyl (C=O) groups excluding carboxylic acids is 2. The fraction of sp³-hybridized carbons (Fsp3) is 0.353. The lowest BCUT2D eigenvalue weighted by Gasteiger charge is -2.69. The number of amides is 2. The second kappa shape index (κ2) is 9.83. The zero-order valence-electron chi connectivity index (χ0n) is 24.6. The summed E-state index contributed by atoms with van der Waals surface area (Å²) in [5, 5.41) is 20.0. The van der Waals surface area contributed by atoms with Crippen molar-refractivity contribution < 1.29 is 29.0 Å². The first-order valence-corrected chi connectivity index (χ1v) is 14.8. The van der Waals surface area contributed by atoms with E-state index in [0.29, 0.717) is 48.1 Å². The second-order valence-corrected chi connectivity index (χ2v) is 12.7. The smallest absolute Gasteiger partial charge is 0.342 e. The quantitative estimate of drug-likeness (QED) is 0.283. The highest BCUT2D eigenvalue weighted by Gasteiger charge is 2.72. The van der Waals surface area contributed by atoms with Crippen LogP contribution in [0, 0.1) is 11.8 Å². The second-order valence-electron chi connectivity index (χ2n) is 12.7. The Morgan fingerprint density at radius 3 is 2.30 bits per heavy atom. The van der Waals surface area contributed by atoms with E-state index in [4.69, 9.17) is 15.2 Å². The van der Waals surface area contributed by atoms with E-state index in [1.54, 1.807) is 32.5 Å². The number of carboxylic acids is 1. The van der Waals surface area contributed by atoms with E-state index in [2.05, 4.69) is 10.4 Å². The van der Waals surface area contributed by atoms with Gasteiger partial charge in [0.1, 0.15) is 11.5 Å². The normalized spacial score (nSPS) is 28.5. The summed E-state index contributed by atoms with van der Waals surface area (Å²) in [6.45, 7) is 0. The van der Waals surface area contributed by atoms with Crippen LogP contribution in [0.4, 0.5) is 4.79 Å². The van der Waals surface area contributed by atoms with E-state index in [9.17, 15) is 19.5 Å². The summed E-state index contributed by atoms with van der Waals surface area (Å²) < 4.78 is 13.1. The van der Waals surface area contributed by atoms with Gasteiger partial charge in [-0.1, -0.05) is 36.4 Å². The fourth-order valence-corrected chi connectivity index (χ4v) is 9.59. The van der Waals surface area contributed by atoms with Crippen molar-refractivity contribution in [2.45, 2.75) is 48.5 Å². The van der Waals surface area contributed by atoms with E-state index in [0.717, 1.165) is 22.9 Å². The highest BCUT2D eigenvalue weighted by atomic mass is 16.5. The van der Waals surface area contributed by atoms with Crippen LogP contribution in [0.1, 0.15) is 53.6 Å². The molecule has 3 aromatic carbocycles. The minimum absolute atomic E-state index is 0.0789.